The van der Waals surface area contributed by atoms with E-state index in [0.717, 1.165) is 31.3 Å². The minimum atomic E-state index is 0.649. The third kappa shape index (κ3) is 3.19. The molecule has 0 aliphatic heterocycles. The van der Waals surface area contributed by atoms with Crippen LogP contribution in [0, 0.1) is 6.92 Å². The summed E-state index contributed by atoms with van der Waals surface area (Å²) in [5, 5.41) is 4.79. The van der Waals surface area contributed by atoms with Gasteiger partial charge in [-0.2, -0.15) is 0 Å². The number of para-hydroxylation sites is 1. The van der Waals surface area contributed by atoms with Crippen LogP contribution in [0.1, 0.15) is 11.1 Å². The molecule has 0 spiro atoms. The fourth-order valence-electron chi connectivity index (χ4n) is 1.70. The van der Waals surface area contributed by atoms with E-state index in [4.69, 9.17) is 23.2 Å². The summed E-state index contributed by atoms with van der Waals surface area (Å²) in [4.78, 5) is 0. The molecule has 18 heavy (non-hydrogen) atoms. The minimum absolute atomic E-state index is 0.649. The maximum atomic E-state index is 6.17. The van der Waals surface area contributed by atoms with Crippen molar-refractivity contribution in [2.75, 3.05) is 5.32 Å². The lowest BCUT2D eigenvalue weighted by atomic mass is 10.1. The highest BCUT2D eigenvalue weighted by Crippen LogP contribution is 2.27. The van der Waals surface area contributed by atoms with Crippen LogP contribution in [0.2, 0.25) is 10.0 Å². The Balaban J connectivity index is 2.16. The van der Waals surface area contributed by atoms with Crippen LogP contribution in [-0.2, 0) is 6.54 Å². The van der Waals surface area contributed by atoms with E-state index < -0.39 is 0 Å². The van der Waals surface area contributed by atoms with Crippen LogP contribution in [-0.4, -0.2) is 0 Å². The normalized spacial score (nSPS) is 10.4. The van der Waals surface area contributed by atoms with E-state index in [2.05, 4.69) is 21.2 Å². The first-order valence-corrected chi connectivity index (χ1v) is 7.06. The van der Waals surface area contributed by atoms with Gasteiger partial charge in [-0.25, -0.2) is 0 Å². The SMILES string of the molecule is Cc1cccc(Cl)c1NCc1ccc(Br)cc1Cl. The van der Waals surface area contributed by atoms with Crippen molar-refractivity contribution < 1.29 is 0 Å². The maximum absolute atomic E-state index is 6.17. The number of aryl methyl sites for hydroxylation is 1. The van der Waals surface area contributed by atoms with Gasteiger partial charge in [0.15, 0.2) is 0 Å². The smallest absolute Gasteiger partial charge is 0.0640 e. The van der Waals surface area contributed by atoms with E-state index in [0.29, 0.717) is 6.54 Å². The first kappa shape index (κ1) is 13.7. The number of hydrogen-bond donors (Lipinski definition) is 1. The Kier molecular flexibility index (Phi) is 4.55. The summed E-state index contributed by atoms with van der Waals surface area (Å²) >= 11 is 15.7. The van der Waals surface area contributed by atoms with Gasteiger partial charge in [0.1, 0.15) is 0 Å². The predicted molar refractivity (Wildman–Crippen MR) is 82.7 cm³/mol. The average Bonchev–Trinajstić information content (AvgIpc) is 2.31. The van der Waals surface area contributed by atoms with Gasteiger partial charge in [-0.1, -0.05) is 57.3 Å². The lowest BCUT2D eigenvalue weighted by molar-refractivity contribution is 1.14. The van der Waals surface area contributed by atoms with E-state index in [-0.39, 0.29) is 0 Å². The van der Waals surface area contributed by atoms with Crippen molar-refractivity contribution in [3.8, 4) is 0 Å². The summed E-state index contributed by atoms with van der Waals surface area (Å²) in [5.41, 5.74) is 3.12. The molecule has 94 valence electrons. The number of benzene rings is 2. The Labute approximate surface area is 125 Å². The van der Waals surface area contributed by atoms with E-state index in [9.17, 15) is 0 Å². The van der Waals surface area contributed by atoms with Gasteiger partial charge in [-0.15, -0.1) is 0 Å². The first-order valence-electron chi connectivity index (χ1n) is 5.51. The summed E-state index contributed by atoms with van der Waals surface area (Å²) in [6, 6.07) is 11.7. The van der Waals surface area contributed by atoms with Gasteiger partial charge < -0.3 is 5.32 Å². The van der Waals surface area contributed by atoms with Crippen molar-refractivity contribution in [1.29, 1.82) is 0 Å². The zero-order valence-electron chi connectivity index (χ0n) is 9.81. The van der Waals surface area contributed by atoms with Gasteiger partial charge in [-0.3, -0.25) is 0 Å². The predicted octanol–water partition coefficient (Wildman–Crippen LogP) is 5.68. The van der Waals surface area contributed by atoms with Crippen LogP contribution in [0.15, 0.2) is 40.9 Å². The molecule has 2 rings (SSSR count). The van der Waals surface area contributed by atoms with Crippen LogP contribution in [0.3, 0.4) is 0 Å². The molecule has 1 nitrogen and oxygen atoms in total. The lowest BCUT2D eigenvalue weighted by Crippen LogP contribution is -2.02. The molecule has 0 atom stereocenters. The highest BCUT2D eigenvalue weighted by atomic mass is 79.9. The Morgan fingerprint density at radius 2 is 1.89 bits per heavy atom. The molecule has 2 aromatic carbocycles. The van der Waals surface area contributed by atoms with E-state index in [1.54, 1.807) is 0 Å². The zero-order chi connectivity index (χ0) is 13.1. The van der Waals surface area contributed by atoms with Gasteiger partial charge in [0.25, 0.3) is 0 Å². The number of halogens is 3. The van der Waals surface area contributed by atoms with Crippen LogP contribution < -0.4 is 5.32 Å². The summed E-state index contributed by atoms with van der Waals surface area (Å²) in [6.07, 6.45) is 0. The van der Waals surface area contributed by atoms with Crippen molar-refractivity contribution in [1.82, 2.24) is 0 Å². The quantitative estimate of drug-likeness (QED) is 0.755. The molecule has 0 radical (unpaired) electrons. The summed E-state index contributed by atoms with van der Waals surface area (Å²) in [6.45, 7) is 2.67. The number of anilines is 1. The largest absolute Gasteiger partial charge is 0.379 e. The lowest BCUT2D eigenvalue weighted by Gasteiger charge is -2.12. The number of nitrogens with one attached hydrogen (secondary N) is 1. The molecule has 0 saturated heterocycles. The van der Waals surface area contributed by atoms with E-state index in [1.807, 2.05) is 43.3 Å². The number of hydrogen-bond acceptors (Lipinski definition) is 1. The highest BCUT2D eigenvalue weighted by molar-refractivity contribution is 9.10. The summed E-state index contributed by atoms with van der Waals surface area (Å²) in [7, 11) is 0. The van der Waals surface area contributed by atoms with Gasteiger partial charge in [0.05, 0.1) is 10.7 Å². The summed E-state index contributed by atoms with van der Waals surface area (Å²) < 4.78 is 0.977. The fraction of sp³-hybridized carbons (Fsp3) is 0.143. The molecule has 0 aliphatic carbocycles. The second-order valence-electron chi connectivity index (χ2n) is 4.02. The van der Waals surface area contributed by atoms with Crippen molar-refractivity contribution >= 4 is 44.8 Å². The Morgan fingerprint density at radius 1 is 1.11 bits per heavy atom. The molecule has 4 heteroatoms. The topological polar surface area (TPSA) is 12.0 Å². The van der Waals surface area contributed by atoms with Gasteiger partial charge in [0.2, 0.25) is 0 Å². The van der Waals surface area contributed by atoms with Crippen LogP contribution in [0.25, 0.3) is 0 Å². The first-order chi connectivity index (χ1) is 8.58. The molecular formula is C14H12BrCl2N. The van der Waals surface area contributed by atoms with Crippen molar-refractivity contribution in [2.45, 2.75) is 13.5 Å². The van der Waals surface area contributed by atoms with Crippen LogP contribution in [0.5, 0.6) is 0 Å². The van der Waals surface area contributed by atoms with Gasteiger partial charge in [0, 0.05) is 16.0 Å². The van der Waals surface area contributed by atoms with E-state index >= 15 is 0 Å². The fourth-order valence-corrected chi connectivity index (χ4v) is 2.73. The third-order valence-corrected chi connectivity index (χ3v) is 3.85. The Bertz CT molecular complexity index is 549. The molecule has 2 aromatic rings. The Morgan fingerprint density at radius 3 is 2.56 bits per heavy atom. The molecule has 0 aromatic heterocycles. The highest BCUT2D eigenvalue weighted by Gasteiger charge is 2.05. The standard InChI is InChI=1S/C14H12BrCl2N/c1-9-3-2-4-12(16)14(9)18-8-10-5-6-11(15)7-13(10)17/h2-7,18H,8H2,1H3. The Hall–Kier alpha value is -0.700. The van der Waals surface area contributed by atoms with Crippen LogP contribution >= 0.6 is 39.1 Å². The second-order valence-corrected chi connectivity index (χ2v) is 5.75. The maximum Gasteiger partial charge on any atom is 0.0640 e. The van der Waals surface area contributed by atoms with Gasteiger partial charge in [-0.05, 0) is 36.2 Å². The monoisotopic (exact) mass is 343 g/mol. The molecule has 0 unspecified atom stereocenters. The molecule has 1 N–H and O–H groups in total. The molecule has 0 fully saturated rings. The average molecular weight is 345 g/mol. The second kappa shape index (κ2) is 5.96. The van der Waals surface area contributed by atoms with Crippen LogP contribution in [0.4, 0.5) is 5.69 Å². The summed E-state index contributed by atoms with van der Waals surface area (Å²) in [5.74, 6) is 0. The zero-order valence-corrected chi connectivity index (χ0v) is 12.9. The molecule has 0 saturated carbocycles. The molecule has 0 amide bonds. The molecule has 0 aliphatic rings. The number of rotatable bonds is 3. The van der Waals surface area contributed by atoms with Crippen molar-refractivity contribution in [3.05, 3.63) is 62.0 Å². The molecule has 0 bridgehead atoms. The molecular weight excluding hydrogens is 333 g/mol. The van der Waals surface area contributed by atoms with Crippen molar-refractivity contribution in [3.63, 3.8) is 0 Å². The van der Waals surface area contributed by atoms with Gasteiger partial charge >= 0.3 is 0 Å². The minimum Gasteiger partial charge on any atom is -0.379 e. The van der Waals surface area contributed by atoms with Crippen molar-refractivity contribution in [2.24, 2.45) is 0 Å². The third-order valence-electron chi connectivity index (χ3n) is 2.69. The molecule has 0 heterocycles. The van der Waals surface area contributed by atoms with E-state index in [1.165, 1.54) is 0 Å².